The molecule has 78 valence electrons. The van der Waals surface area contributed by atoms with Crippen molar-refractivity contribution in [1.82, 2.24) is 5.32 Å². The molecule has 2 heteroatoms. The highest BCUT2D eigenvalue weighted by Crippen LogP contribution is 2.36. The van der Waals surface area contributed by atoms with E-state index in [0.717, 1.165) is 25.1 Å². The van der Waals surface area contributed by atoms with Gasteiger partial charge in [0.25, 0.3) is 0 Å². The van der Waals surface area contributed by atoms with Crippen LogP contribution in [0.2, 0.25) is 0 Å². The van der Waals surface area contributed by atoms with Crippen molar-refractivity contribution in [3.05, 3.63) is 23.8 Å². The lowest BCUT2D eigenvalue weighted by Crippen LogP contribution is -2.30. The Labute approximate surface area is 86.1 Å². The van der Waals surface area contributed by atoms with Crippen molar-refractivity contribution in [3.63, 3.8) is 0 Å². The summed E-state index contributed by atoms with van der Waals surface area (Å²) in [6.07, 6.45) is 2.53. The fourth-order valence-electron chi connectivity index (χ4n) is 1.74. The molecule has 0 aromatic carbocycles. The molecule has 0 spiro atoms. The Balaban J connectivity index is 2.84. The summed E-state index contributed by atoms with van der Waals surface area (Å²) in [4.78, 5) is 11.5. The number of likely N-dealkylation sites (N-methyl/N-ethyl adjacent to an activating group) is 1. The largest absolute Gasteiger partial charge is 0.313 e. The van der Waals surface area contributed by atoms with Gasteiger partial charge in [0.2, 0.25) is 0 Å². The third-order valence-electron chi connectivity index (χ3n) is 2.74. The molecule has 0 radical (unpaired) electrons. The van der Waals surface area contributed by atoms with Crippen LogP contribution in [0.5, 0.6) is 0 Å². The lowest BCUT2D eigenvalue weighted by Gasteiger charge is -2.32. The molecule has 0 aromatic heterocycles. The van der Waals surface area contributed by atoms with Gasteiger partial charge in [-0.25, -0.2) is 0 Å². The Hall–Kier alpha value is -0.890. The predicted molar refractivity (Wildman–Crippen MR) is 59.2 cm³/mol. The first kappa shape index (κ1) is 11.2. The molecule has 0 bridgehead atoms. The molecular formula is C12H19NO. The molecule has 1 N–H and O–H groups in total. The van der Waals surface area contributed by atoms with Gasteiger partial charge in [-0.05, 0) is 35.6 Å². The summed E-state index contributed by atoms with van der Waals surface area (Å²) in [7, 11) is 0. The van der Waals surface area contributed by atoms with E-state index in [4.69, 9.17) is 0 Å². The molecule has 0 aliphatic heterocycles. The zero-order valence-electron chi connectivity index (χ0n) is 9.31. The molecule has 0 aromatic rings. The summed E-state index contributed by atoms with van der Waals surface area (Å²) in [5.41, 5.74) is 2.00. The SMILES string of the molecule is C=C1CC(C)(C)C(CNCC)=CC1=O. The molecule has 0 heterocycles. The van der Waals surface area contributed by atoms with Crippen LogP contribution >= 0.6 is 0 Å². The summed E-state index contributed by atoms with van der Waals surface area (Å²) in [5, 5.41) is 3.26. The summed E-state index contributed by atoms with van der Waals surface area (Å²) < 4.78 is 0. The third-order valence-corrected chi connectivity index (χ3v) is 2.74. The second-order valence-corrected chi connectivity index (χ2v) is 4.48. The minimum Gasteiger partial charge on any atom is -0.313 e. The molecule has 0 atom stereocenters. The Kier molecular flexibility index (Phi) is 3.27. The van der Waals surface area contributed by atoms with E-state index in [2.05, 4.69) is 32.7 Å². The van der Waals surface area contributed by atoms with E-state index in [0.29, 0.717) is 0 Å². The number of rotatable bonds is 3. The fourth-order valence-corrected chi connectivity index (χ4v) is 1.74. The van der Waals surface area contributed by atoms with Crippen LogP contribution < -0.4 is 5.32 Å². The minimum atomic E-state index is 0.0766. The highest BCUT2D eigenvalue weighted by Gasteiger charge is 2.30. The molecule has 0 unspecified atom stereocenters. The maximum atomic E-state index is 11.5. The zero-order chi connectivity index (χ0) is 10.8. The molecule has 0 amide bonds. The van der Waals surface area contributed by atoms with Crippen LogP contribution in [0, 0.1) is 5.41 Å². The van der Waals surface area contributed by atoms with Gasteiger partial charge in [0.15, 0.2) is 5.78 Å². The summed E-state index contributed by atoms with van der Waals surface area (Å²) >= 11 is 0. The van der Waals surface area contributed by atoms with Crippen LogP contribution in [0.25, 0.3) is 0 Å². The first-order valence-corrected chi connectivity index (χ1v) is 5.11. The lowest BCUT2D eigenvalue weighted by atomic mass is 9.73. The van der Waals surface area contributed by atoms with Gasteiger partial charge in [0.05, 0.1) is 0 Å². The lowest BCUT2D eigenvalue weighted by molar-refractivity contribution is -0.112. The van der Waals surface area contributed by atoms with E-state index < -0.39 is 0 Å². The van der Waals surface area contributed by atoms with Crippen molar-refractivity contribution < 1.29 is 4.79 Å². The highest BCUT2D eigenvalue weighted by molar-refractivity contribution is 6.05. The molecule has 14 heavy (non-hydrogen) atoms. The van der Waals surface area contributed by atoms with Crippen molar-refractivity contribution in [2.24, 2.45) is 5.41 Å². The van der Waals surface area contributed by atoms with Crippen LogP contribution in [0.3, 0.4) is 0 Å². The van der Waals surface area contributed by atoms with Crippen LogP contribution in [0.15, 0.2) is 23.8 Å². The number of hydrogen-bond acceptors (Lipinski definition) is 2. The van der Waals surface area contributed by atoms with Gasteiger partial charge in [0, 0.05) is 6.54 Å². The Morgan fingerprint density at radius 1 is 1.57 bits per heavy atom. The smallest absolute Gasteiger partial charge is 0.181 e. The Morgan fingerprint density at radius 2 is 2.21 bits per heavy atom. The molecular weight excluding hydrogens is 174 g/mol. The molecule has 1 rings (SSSR count). The summed E-state index contributed by atoms with van der Waals surface area (Å²) in [6.45, 7) is 11.9. The number of carbonyl (C=O) groups excluding carboxylic acids is 1. The fraction of sp³-hybridized carbons (Fsp3) is 0.583. The van der Waals surface area contributed by atoms with E-state index in [1.165, 1.54) is 5.57 Å². The first-order valence-electron chi connectivity index (χ1n) is 5.11. The highest BCUT2D eigenvalue weighted by atomic mass is 16.1. The number of nitrogens with one attached hydrogen (secondary N) is 1. The molecule has 0 saturated carbocycles. The standard InChI is InChI=1S/C12H19NO/c1-5-13-8-10-6-11(14)9(2)7-12(10,3)4/h6,13H,2,5,7-8H2,1,3-4H3. The van der Waals surface area contributed by atoms with Crippen molar-refractivity contribution in [3.8, 4) is 0 Å². The Morgan fingerprint density at radius 3 is 2.79 bits per heavy atom. The average Bonchev–Trinajstić information content (AvgIpc) is 2.08. The predicted octanol–water partition coefficient (Wildman–Crippen LogP) is 2.08. The molecule has 0 fully saturated rings. The van der Waals surface area contributed by atoms with Gasteiger partial charge in [-0.2, -0.15) is 0 Å². The normalized spacial score (nSPS) is 20.9. The Bertz CT molecular complexity index is 287. The topological polar surface area (TPSA) is 29.1 Å². The van der Waals surface area contributed by atoms with E-state index in [9.17, 15) is 4.79 Å². The third kappa shape index (κ3) is 2.32. The van der Waals surface area contributed by atoms with Gasteiger partial charge in [0.1, 0.15) is 0 Å². The average molecular weight is 193 g/mol. The molecule has 0 saturated heterocycles. The van der Waals surface area contributed by atoms with Gasteiger partial charge in [-0.15, -0.1) is 0 Å². The van der Waals surface area contributed by atoms with Gasteiger partial charge in [-0.1, -0.05) is 27.4 Å². The number of ketones is 1. The minimum absolute atomic E-state index is 0.0766. The summed E-state index contributed by atoms with van der Waals surface area (Å²) in [5.74, 6) is 0.0947. The van der Waals surface area contributed by atoms with Gasteiger partial charge >= 0.3 is 0 Å². The van der Waals surface area contributed by atoms with Crippen molar-refractivity contribution in [2.75, 3.05) is 13.1 Å². The van der Waals surface area contributed by atoms with Crippen LogP contribution in [0.4, 0.5) is 0 Å². The second kappa shape index (κ2) is 4.09. The second-order valence-electron chi connectivity index (χ2n) is 4.48. The maximum Gasteiger partial charge on any atom is 0.181 e. The molecule has 2 nitrogen and oxygen atoms in total. The van der Waals surface area contributed by atoms with E-state index >= 15 is 0 Å². The quantitative estimate of drug-likeness (QED) is 0.695. The van der Waals surface area contributed by atoms with Gasteiger partial charge < -0.3 is 5.32 Å². The van der Waals surface area contributed by atoms with Gasteiger partial charge in [-0.3, -0.25) is 4.79 Å². The van der Waals surface area contributed by atoms with Crippen LogP contribution in [-0.2, 0) is 4.79 Å². The van der Waals surface area contributed by atoms with Crippen molar-refractivity contribution in [2.45, 2.75) is 27.2 Å². The van der Waals surface area contributed by atoms with Crippen molar-refractivity contribution >= 4 is 5.78 Å². The first-order chi connectivity index (χ1) is 6.47. The van der Waals surface area contributed by atoms with E-state index in [1.807, 2.05) is 0 Å². The zero-order valence-corrected chi connectivity index (χ0v) is 9.31. The van der Waals surface area contributed by atoms with E-state index in [1.54, 1.807) is 6.08 Å². The van der Waals surface area contributed by atoms with Crippen molar-refractivity contribution in [1.29, 1.82) is 0 Å². The number of carbonyl (C=O) groups is 1. The molecule has 1 aliphatic rings. The van der Waals surface area contributed by atoms with Crippen LogP contribution in [0.1, 0.15) is 27.2 Å². The van der Waals surface area contributed by atoms with Crippen LogP contribution in [-0.4, -0.2) is 18.9 Å². The van der Waals surface area contributed by atoms with E-state index in [-0.39, 0.29) is 11.2 Å². The monoisotopic (exact) mass is 193 g/mol. The number of allylic oxidation sites excluding steroid dienone is 2. The number of hydrogen-bond donors (Lipinski definition) is 1. The molecule has 1 aliphatic carbocycles. The summed E-state index contributed by atoms with van der Waals surface area (Å²) in [6, 6.07) is 0. The maximum absolute atomic E-state index is 11.5.